The predicted molar refractivity (Wildman–Crippen MR) is 92.4 cm³/mol. The number of halogens is 1. The first kappa shape index (κ1) is 19.8. The van der Waals surface area contributed by atoms with Crippen molar-refractivity contribution in [3.05, 3.63) is 41.7 Å². The number of carbonyl (C=O) groups is 2. The number of hydrogen-bond acceptors (Lipinski definition) is 4. The van der Waals surface area contributed by atoms with Crippen LogP contribution in [0.15, 0.2) is 30.4 Å². The summed E-state index contributed by atoms with van der Waals surface area (Å²) in [5.74, 6) is -1.22. The summed E-state index contributed by atoms with van der Waals surface area (Å²) in [7, 11) is 3.91. The van der Waals surface area contributed by atoms with E-state index in [0.717, 1.165) is 19.0 Å². The number of aryl methyl sites for hydroxylation is 1. The van der Waals surface area contributed by atoms with E-state index in [0.29, 0.717) is 17.8 Å². The van der Waals surface area contributed by atoms with Crippen LogP contribution < -0.4 is 4.90 Å². The zero-order chi connectivity index (χ0) is 18.1. The van der Waals surface area contributed by atoms with E-state index in [2.05, 4.69) is 0 Å². The van der Waals surface area contributed by atoms with Gasteiger partial charge in [0.2, 0.25) is 0 Å². The summed E-state index contributed by atoms with van der Waals surface area (Å²) in [6, 6.07) is 4.53. The fourth-order valence-electron chi connectivity index (χ4n) is 2.13. The average molecular weight is 336 g/mol. The minimum atomic E-state index is -0.561. The zero-order valence-corrected chi connectivity index (χ0v) is 14.7. The summed E-state index contributed by atoms with van der Waals surface area (Å²) in [6.07, 6.45) is 3.05. The first-order chi connectivity index (χ1) is 11.3. The third kappa shape index (κ3) is 6.50. The van der Waals surface area contributed by atoms with Gasteiger partial charge < -0.3 is 14.5 Å². The van der Waals surface area contributed by atoms with Crippen molar-refractivity contribution in [3.63, 3.8) is 0 Å². The molecule has 0 aliphatic heterocycles. The number of anilines is 1. The molecule has 5 nitrogen and oxygen atoms in total. The molecule has 0 unspecified atom stereocenters. The first-order valence-electron chi connectivity index (χ1n) is 7.92. The van der Waals surface area contributed by atoms with E-state index >= 15 is 0 Å². The Kier molecular flexibility index (Phi) is 8.12. The van der Waals surface area contributed by atoms with Crippen molar-refractivity contribution in [1.82, 2.24) is 4.90 Å². The molecule has 0 saturated heterocycles. The number of carbonyl (C=O) groups excluding carboxylic acids is 2. The van der Waals surface area contributed by atoms with Crippen LogP contribution in [0.5, 0.6) is 0 Å². The minimum absolute atomic E-state index is 0.251. The van der Waals surface area contributed by atoms with E-state index in [4.69, 9.17) is 4.74 Å². The van der Waals surface area contributed by atoms with Crippen LogP contribution in [0.4, 0.5) is 10.1 Å². The molecule has 0 aromatic heterocycles. The summed E-state index contributed by atoms with van der Waals surface area (Å²) < 4.78 is 18.2. The Balaban J connectivity index is 2.93. The van der Waals surface area contributed by atoms with E-state index in [1.54, 1.807) is 26.0 Å². The average Bonchev–Trinajstić information content (AvgIpc) is 2.52. The number of nitrogens with zero attached hydrogens (tertiary/aromatic N) is 2. The Labute approximate surface area is 142 Å². The molecule has 0 saturated carbocycles. The smallest absolute Gasteiger partial charge is 0.330 e. The molecule has 1 rings (SSSR count). The highest BCUT2D eigenvalue weighted by Gasteiger charge is 2.15. The summed E-state index contributed by atoms with van der Waals surface area (Å²) in [6.45, 7) is 4.88. The van der Waals surface area contributed by atoms with E-state index in [-0.39, 0.29) is 18.3 Å². The number of esters is 1. The minimum Gasteiger partial charge on any atom is -0.463 e. The number of benzene rings is 1. The molecule has 0 heterocycles. The number of ether oxygens (including phenoxy) is 1. The summed E-state index contributed by atoms with van der Waals surface area (Å²) in [5, 5.41) is 0. The molecule has 0 aliphatic rings. The molecule has 1 aromatic rings. The molecule has 0 atom stereocenters. The summed E-state index contributed by atoms with van der Waals surface area (Å²) in [5.41, 5.74) is 1.07. The van der Waals surface area contributed by atoms with Gasteiger partial charge in [0.15, 0.2) is 0 Å². The van der Waals surface area contributed by atoms with Gasteiger partial charge in [0.05, 0.1) is 6.61 Å². The highest BCUT2D eigenvalue weighted by atomic mass is 19.1. The molecule has 0 radical (unpaired) electrons. The second-order valence-corrected chi connectivity index (χ2v) is 5.67. The highest BCUT2D eigenvalue weighted by Crippen LogP contribution is 2.19. The first-order valence-corrected chi connectivity index (χ1v) is 7.92. The Hall–Kier alpha value is -2.21. The van der Waals surface area contributed by atoms with Crippen LogP contribution in [-0.4, -0.2) is 50.6 Å². The van der Waals surface area contributed by atoms with Gasteiger partial charge in [-0.3, -0.25) is 4.79 Å². The van der Waals surface area contributed by atoms with Crippen LogP contribution in [0, 0.1) is 12.7 Å². The van der Waals surface area contributed by atoms with Gasteiger partial charge in [0, 0.05) is 24.4 Å². The van der Waals surface area contributed by atoms with Crippen LogP contribution in [0.1, 0.15) is 18.9 Å². The number of rotatable bonds is 8. The SMILES string of the molecule is CCOC(=O)/C=C/C(=O)N(CCCN(C)C)c1ccc(F)c(C)c1. The normalized spacial score (nSPS) is 11.1. The molecular weight excluding hydrogens is 311 g/mol. The predicted octanol–water partition coefficient (Wildman–Crippen LogP) is 2.54. The molecular formula is C18H25FN2O3. The molecule has 0 bridgehead atoms. The van der Waals surface area contributed by atoms with Gasteiger partial charge in [-0.05, 0) is 64.7 Å². The number of hydrogen-bond donors (Lipinski definition) is 0. The van der Waals surface area contributed by atoms with Crippen molar-refractivity contribution < 1.29 is 18.7 Å². The lowest BCUT2D eigenvalue weighted by atomic mass is 10.2. The molecule has 24 heavy (non-hydrogen) atoms. The standard InChI is InChI=1S/C18H25FN2O3/c1-5-24-18(23)10-9-17(22)21(12-6-11-20(3)4)15-7-8-16(19)14(2)13-15/h7-10,13H,5-6,11-12H2,1-4H3/b10-9+. The summed E-state index contributed by atoms with van der Waals surface area (Å²) in [4.78, 5) is 27.4. The molecule has 0 spiro atoms. The second kappa shape index (κ2) is 9.82. The molecule has 0 aliphatic carbocycles. The third-order valence-electron chi connectivity index (χ3n) is 3.35. The molecule has 1 aromatic carbocycles. The van der Waals surface area contributed by atoms with Crippen molar-refractivity contribution in [3.8, 4) is 0 Å². The van der Waals surface area contributed by atoms with E-state index < -0.39 is 5.97 Å². The van der Waals surface area contributed by atoms with E-state index in [9.17, 15) is 14.0 Å². The quantitative estimate of drug-likeness (QED) is 0.541. The Morgan fingerprint density at radius 3 is 2.50 bits per heavy atom. The van der Waals surface area contributed by atoms with Crippen molar-refractivity contribution in [2.24, 2.45) is 0 Å². The maximum absolute atomic E-state index is 13.5. The van der Waals surface area contributed by atoms with Gasteiger partial charge in [-0.2, -0.15) is 0 Å². The van der Waals surface area contributed by atoms with Crippen molar-refractivity contribution in [1.29, 1.82) is 0 Å². The van der Waals surface area contributed by atoms with Crippen LogP contribution in [-0.2, 0) is 14.3 Å². The number of amides is 1. The molecule has 1 amide bonds. The van der Waals surface area contributed by atoms with Crippen LogP contribution in [0.25, 0.3) is 0 Å². The molecule has 0 fully saturated rings. The van der Waals surface area contributed by atoms with E-state index in [1.165, 1.54) is 17.0 Å². The fourth-order valence-corrected chi connectivity index (χ4v) is 2.13. The van der Waals surface area contributed by atoms with Gasteiger partial charge in [-0.15, -0.1) is 0 Å². The van der Waals surface area contributed by atoms with Gasteiger partial charge in [0.1, 0.15) is 5.82 Å². The van der Waals surface area contributed by atoms with Crippen LogP contribution in [0.2, 0.25) is 0 Å². The topological polar surface area (TPSA) is 49.9 Å². The van der Waals surface area contributed by atoms with Crippen molar-refractivity contribution >= 4 is 17.6 Å². The monoisotopic (exact) mass is 336 g/mol. The van der Waals surface area contributed by atoms with Gasteiger partial charge >= 0.3 is 5.97 Å². The molecule has 0 N–H and O–H groups in total. The maximum atomic E-state index is 13.5. The maximum Gasteiger partial charge on any atom is 0.330 e. The van der Waals surface area contributed by atoms with E-state index in [1.807, 2.05) is 19.0 Å². The molecule has 6 heteroatoms. The lowest BCUT2D eigenvalue weighted by molar-refractivity contribution is -0.137. The van der Waals surface area contributed by atoms with Gasteiger partial charge in [-0.1, -0.05) is 0 Å². The molecule has 132 valence electrons. The Bertz CT molecular complexity index is 600. The lowest BCUT2D eigenvalue weighted by Gasteiger charge is -2.23. The highest BCUT2D eigenvalue weighted by molar-refractivity contribution is 6.04. The van der Waals surface area contributed by atoms with Crippen LogP contribution >= 0.6 is 0 Å². The Morgan fingerprint density at radius 1 is 1.21 bits per heavy atom. The lowest BCUT2D eigenvalue weighted by Crippen LogP contribution is -2.32. The van der Waals surface area contributed by atoms with Gasteiger partial charge in [0.25, 0.3) is 5.91 Å². The zero-order valence-electron chi connectivity index (χ0n) is 14.7. The van der Waals surface area contributed by atoms with Gasteiger partial charge in [-0.25, -0.2) is 9.18 Å². The summed E-state index contributed by atoms with van der Waals surface area (Å²) >= 11 is 0. The fraction of sp³-hybridized carbons (Fsp3) is 0.444. The second-order valence-electron chi connectivity index (χ2n) is 5.67. The van der Waals surface area contributed by atoms with Crippen LogP contribution in [0.3, 0.4) is 0 Å². The van der Waals surface area contributed by atoms with Crippen molar-refractivity contribution in [2.75, 3.05) is 38.7 Å². The largest absolute Gasteiger partial charge is 0.463 e. The third-order valence-corrected chi connectivity index (χ3v) is 3.35. The van der Waals surface area contributed by atoms with Crippen molar-refractivity contribution in [2.45, 2.75) is 20.3 Å². The Morgan fingerprint density at radius 2 is 1.92 bits per heavy atom.